The number of carbonyl (C=O) groups is 1. The number of rotatable bonds is 4. The number of aromatic carboxylic acids is 1. The van der Waals surface area contributed by atoms with E-state index in [-0.39, 0.29) is 11.6 Å². The van der Waals surface area contributed by atoms with Gasteiger partial charge in [-0.25, -0.2) is 4.79 Å². The summed E-state index contributed by atoms with van der Waals surface area (Å²) in [6, 6.07) is 4.25. The van der Waals surface area contributed by atoms with E-state index in [4.69, 9.17) is 9.84 Å². The SMILES string of the molecule is O=C(O)c1cc(NC2CCOCC2)ccc1[N+](=O)[O-]. The number of anilines is 1. The lowest BCUT2D eigenvalue weighted by Gasteiger charge is -2.24. The molecule has 7 heteroatoms. The third-order valence-electron chi connectivity index (χ3n) is 3.02. The van der Waals surface area contributed by atoms with Crippen molar-refractivity contribution in [3.8, 4) is 0 Å². The Bertz CT molecular complexity index is 497. The summed E-state index contributed by atoms with van der Waals surface area (Å²) in [5, 5.41) is 22.9. The fourth-order valence-electron chi connectivity index (χ4n) is 2.03. The maximum atomic E-state index is 11.0. The molecule has 102 valence electrons. The zero-order valence-electron chi connectivity index (χ0n) is 10.2. The number of ether oxygens (including phenoxy) is 1. The molecular formula is C12H14N2O5. The lowest BCUT2D eigenvalue weighted by molar-refractivity contribution is -0.385. The number of carboxylic acid groups (broad SMARTS) is 1. The summed E-state index contributed by atoms with van der Waals surface area (Å²) in [7, 11) is 0. The highest BCUT2D eigenvalue weighted by molar-refractivity contribution is 5.93. The van der Waals surface area contributed by atoms with E-state index in [2.05, 4.69) is 5.32 Å². The number of nitrogens with zero attached hydrogens (tertiary/aromatic N) is 1. The van der Waals surface area contributed by atoms with Crippen molar-refractivity contribution in [2.45, 2.75) is 18.9 Å². The van der Waals surface area contributed by atoms with Crippen molar-refractivity contribution in [3.63, 3.8) is 0 Å². The van der Waals surface area contributed by atoms with Crippen LogP contribution in [0.5, 0.6) is 0 Å². The van der Waals surface area contributed by atoms with Crippen LogP contribution >= 0.6 is 0 Å². The third-order valence-corrected chi connectivity index (χ3v) is 3.02. The molecule has 0 atom stereocenters. The van der Waals surface area contributed by atoms with Gasteiger partial charge in [-0.2, -0.15) is 0 Å². The summed E-state index contributed by atoms with van der Waals surface area (Å²) in [5.41, 5.74) is -0.123. The van der Waals surface area contributed by atoms with Crippen LogP contribution in [0.4, 0.5) is 11.4 Å². The highest BCUT2D eigenvalue weighted by atomic mass is 16.6. The summed E-state index contributed by atoms with van der Waals surface area (Å²) in [4.78, 5) is 21.1. The first kappa shape index (κ1) is 13.3. The van der Waals surface area contributed by atoms with Gasteiger partial charge in [-0.1, -0.05) is 0 Å². The van der Waals surface area contributed by atoms with E-state index in [1.54, 1.807) is 0 Å². The Morgan fingerprint density at radius 3 is 2.68 bits per heavy atom. The monoisotopic (exact) mass is 266 g/mol. The largest absolute Gasteiger partial charge is 0.477 e. The molecule has 1 aromatic carbocycles. The Balaban J connectivity index is 2.20. The predicted molar refractivity (Wildman–Crippen MR) is 67.5 cm³/mol. The van der Waals surface area contributed by atoms with Crippen LogP contribution in [-0.2, 0) is 4.74 Å². The van der Waals surface area contributed by atoms with Gasteiger partial charge in [0.05, 0.1) is 4.92 Å². The number of hydrogen-bond donors (Lipinski definition) is 2. The van der Waals surface area contributed by atoms with Gasteiger partial charge in [0.25, 0.3) is 5.69 Å². The van der Waals surface area contributed by atoms with Crippen LogP contribution in [0.25, 0.3) is 0 Å². The molecular weight excluding hydrogens is 252 g/mol. The Morgan fingerprint density at radius 1 is 1.42 bits per heavy atom. The molecule has 19 heavy (non-hydrogen) atoms. The van der Waals surface area contributed by atoms with Crippen LogP contribution in [0.1, 0.15) is 23.2 Å². The first-order valence-corrected chi connectivity index (χ1v) is 5.94. The van der Waals surface area contributed by atoms with Gasteiger partial charge in [-0.3, -0.25) is 10.1 Å². The van der Waals surface area contributed by atoms with Crippen LogP contribution in [0, 0.1) is 10.1 Å². The van der Waals surface area contributed by atoms with Crippen molar-refractivity contribution in [2.24, 2.45) is 0 Å². The van der Waals surface area contributed by atoms with Crippen LogP contribution in [0.3, 0.4) is 0 Å². The highest BCUT2D eigenvalue weighted by Crippen LogP contribution is 2.24. The molecule has 1 aliphatic rings. The first-order chi connectivity index (χ1) is 9.08. The molecule has 1 heterocycles. The molecule has 0 bridgehead atoms. The van der Waals surface area contributed by atoms with Crippen LogP contribution in [0.2, 0.25) is 0 Å². The highest BCUT2D eigenvalue weighted by Gasteiger charge is 2.21. The topological polar surface area (TPSA) is 102 Å². The van der Waals surface area contributed by atoms with Gasteiger partial charge in [-0.05, 0) is 25.0 Å². The number of nitrogens with one attached hydrogen (secondary N) is 1. The quantitative estimate of drug-likeness (QED) is 0.637. The lowest BCUT2D eigenvalue weighted by Crippen LogP contribution is -2.27. The molecule has 0 spiro atoms. The summed E-state index contributed by atoms with van der Waals surface area (Å²) < 4.78 is 5.23. The minimum Gasteiger partial charge on any atom is -0.477 e. The smallest absolute Gasteiger partial charge is 0.342 e. The maximum Gasteiger partial charge on any atom is 0.342 e. The van der Waals surface area contributed by atoms with Crippen LogP contribution < -0.4 is 5.32 Å². The number of nitro benzene ring substituents is 1. The second-order valence-electron chi connectivity index (χ2n) is 4.33. The van der Waals surface area contributed by atoms with Crippen LogP contribution in [-0.4, -0.2) is 35.3 Å². The minimum atomic E-state index is -1.30. The Morgan fingerprint density at radius 2 is 2.11 bits per heavy atom. The van der Waals surface area contributed by atoms with Crippen molar-refractivity contribution >= 4 is 17.3 Å². The molecule has 1 aliphatic heterocycles. The molecule has 1 saturated heterocycles. The van der Waals surface area contributed by atoms with Crippen molar-refractivity contribution in [3.05, 3.63) is 33.9 Å². The van der Waals surface area contributed by atoms with E-state index in [1.807, 2.05) is 0 Å². The molecule has 0 saturated carbocycles. The van der Waals surface area contributed by atoms with E-state index in [9.17, 15) is 14.9 Å². The fourth-order valence-corrected chi connectivity index (χ4v) is 2.03. The standard InChI is InChI=1S/C12H14N2O5/c15-12(16)10-7-9(1-2-11(10)14(17)18)13-8-3-5-19-6-4-8/h1-2,7-8,13H,3-6H2,(H,15,16). The zero-order chi connectivity index (χ0) is 13.8. The molecule has 7 nitrogen and oxygen atoms in total. The number of benzene rings is 1. The molecule has 0 radical (unpaired) electrons. The van der Waals surface area contributed by atoms with Crippen molar-refractivity contribution in [1.29, 1.82) is 0 Å². The van der Waals surface area contributed by atoms with Gasteiger partial charge < -0.3 is 15.2 Å². The molecule has 2 N–H and O–H groups in total. The first-order valence-electron chi connectivity index (χ1n) is 5.94. The average Bonchev–Trinajstić information content (AvgIpc) is 2.39. The van der Waals surface area contributed by atoms with Gasteiger partial charge in [0.15, 0.2) is 0 Å². The Kier molecular flexibility index (Phi) is 3.96. The van der Waals surface area contributed by atoms with Gasteiger partial charge in [0.2, 0.25) is 0 Å². The minimum absolute atomic E-state index is 0.205. The van der Waals surface area contributed by atoms with Gasteiger partial charge in [-0.15, -0.1) is 0 Å². The maximum absolute atomic E-state index is 11.0. The second kappa shape index (κ2) is 5.66. The van der Waals surface area contributed by atoms with Gasteiger partial charge in [0, 0.05) is 31.0 Å². The fraction of sp³-hybridized carbons (Fsp3) is 0.417. The molecule has 0 aliphatic carbocycles. The van der Waals surface area contributed by atoms with E-state index >= 15 is 0 Å². The third kappa shape index (κ3) is 3.19. The molecule has 0 amide bonds. The van der Waals surface area contributed by atoms with Crippen molar-refractivity contribution < 1.29 is 19.6 Å². The summed E-state index contributed by atoms with van der Waals surface area (Å²) >= 11 is 0. The van der Waals surface area contributed by atoms with Gasteiger partial charge in [0.1, 0.15) is 5.56 Å². The molecule has 0 unspecified atom stereocenters. The normalized spacial score (nSPS) is 16.0. The average molecular weight is 266 g/mol. The van der Waals surface area contributed by atoms with Crippen molar-refractivity contribution in [2.75, 3.05) is 18.5 Å². The Labute approximate surface area is 109 Å². The van der Waals surface area contributed by atoms with Crippen molar-refractivity contribution in [1.82, 2.24) is 0 Å². The molecule has 1 fully saturated rings. The predicted octanol–water partition coefficient (Wildman–Crippen LogP) is 1.88. The van der Waals surface area contributed by atoms with E-state index in [1.165, 1.54) is 18.2 Å². The summed E-state index contributed by atoms with van der Waals surface area (Å²) in [6.45, 7) is 1.33. The lowest BCUT2D eigenvalue weighted by atomic mass is 10.1. The van der Waals surface area contributed by atoms with E-state index < -0.39 is 16.6 Å². The summed E-state index contributed by atoms with van der Waals surface area (Å²) in [6.07, 6.45) is 1.67. The summed E-state index contributed by atoms with van der Waals surface area (Å²) in [5.74, 6) is -1.30. The van der Waals surface area contributed by atoms with Crippen LogP contribution in [0.15, 0.2) is 18.2 Å². The molecule has 2 rings (SSSR count). The Hall–Kier alpha value is -2.15. The zero-order valence-corrected chi connectivity index (χ0v) is 10.2. The number of hydrogen-bond acceptors (Lipinski definition) is 5. The second-order valence-corrected chi connectivity index (χ2v) is 4.33. The number of nitro groups is 1. The molecule has 0 aromatic heterocycles. The molecule has 1 aromatic rings. The van der Waals surface area contributed by atoms with E-state index in [0.29, 0.717) is 18.9 Å². The van der Waals surface area contributed by atoms with E-state index in [0.717, 1.165) is 12.8 Å². The number of carboxylic acids is 1. The van der Waals surface area contributed by atoms with Gasteiger partial charge >= 0.3 is 5.97 Å².